The smallest absolute Gasteiger partial charge is 0.270 e. The first-order chi connectivity index (χ1) is 14.9. The maximum atomic E-state index is 14.4. The summed E-state index contributed by atoms with van der Waals surface area (Å²) in [6.45, 7) is 4.15. The lowest BCUT2D eigenvalue weighted by atomic mass is 10.1. The first-order valence-electron chi connectivity index (χ1n) is 9.87. The SMILES string of the molecule is Cc1ccc(-n2nc(-c3ccccc3F)cc2C(=O)NCc2ccc(F)cc2)c(C)c1. The predicted molar refractivity (Wildman–Crippen MR) is 116 cm³/mol. The molecular weight excluding hydrogens is 396 g/mol. The van der Waals surface area contributed by atoms with Crippen molar-refractivity contribution in [3.8, 4) is 16.9 Å². The molecule has 6 heteroatoms. The molecule has 0 aliphatic heterocycles. The molecule has 1 N–H and O–H groups in total. The van der Waals surface area contributed by atoms with Crippen LogP contribution in [-0.4, -0.2) is 15.7 Å². The second kappa shape index (κ2) is 8.52. The van der Waals surface area contributed by atoms with Crippen molar-refractivity contribution in [2.45, 2.75) is 20.4 Å². The molecule has 1 amide bonds. The van der Waals surface area contributed by atoms with Crippen molar-refractivity contribution >= 4 is 5.91 Å². The van der Waals surface area contributed by atoms with Gasteiger partial charge < -0.3 is 5.32 Å². The predicted octanol–water partition coefficient (Wildman–Crippen LogP) is 5.36. The second-order valence-electron chi connectivity index (χ2n) is 7.41. The maximum absolute atomic E-state index is 14.4. The summed E-state index contributed by atoms with van der Waals surface area (Å²) in [7, 11) is 0. The van der Waals surface area contributed by atoms with Gasteiger partial charge in [0.05, 0.1) is 11.4 Å². The summed E-state index contributed by atoms with van der Waals surface area (Å²) < 4.78 is 29.0. The first kappa shape index (κ1) is 20.5. The van der Waals surface area contributed by atoms with E-state index in [1.807, 2.05) is 32.0 Å². The summed E-state index contributed by atoms with van der Waals surface area (Å²) in [4.78, 5) is 13.0. The Balaban J connectivity index is 1.73. The van der Waals surface area contributed by atoms with Crippen molar-refractivity contribution in [2.75, 3.05) is 0 Å². The molecule has 156 valence electrons. The van der Waals surface area contributed by atoms with Gasteiger partial charge in [0, 0.05) is 12.1 Å². The quantitative estimate of drug-likeness (QED) is 0.475. The molecule has 0 radical (unpaired) electrons. The molecule has 4 nitrogen and oxygen atoms in total. The lowest BCUT2D eigenvalue weighted by Gasteiger charge is -2.11. The highest BCUT2D eigenvalue weighted by Crippen LogP contribution is 2.25. The van der Waals surface area contributed by atoms with E-state index in [2.05, 4.69) is 10.4 Å². The molecule has 0 saturated heterocycles. The van der Waals surface area contributed by atoms with E-state index >= 15 is 0 Å². The standard InChI is InChI=1S/C25H21F2N3O/c1-16-7-12-23(17(2)13-16)30-24(14-22(29-30)20-5-3-4-6-21(20)27)25(31)28-15-18-8-10-19(26)11-9-18/h3-14H,15H2,1-2H3,(H,28,31). The minimum Gasteiger partial charge on any atom is -0.347 e. The van der Waals surface area contributed by atoms with Crippen molar-refractivity contribution in [1.29, 1.82) is 0 Å². The molecule has 1 heterocycles. The van der Waals surface area contributed by atoms with Crippen LogP contribution < -0.4 is 5.32 Å². The molecule has 4 rings (SSSR count). The zero-order valence-corrected chi connectivity index (χ0v) is 17.2. The Bertz CT molecular complexity index is 1250. The van der Waals surface area contributed by atoms with E-state index in [9.17, 15) is 13.6 Å². The number of aryl methyl sites for hydroxylation is 2. The molecule has 31 heavy (non-hydrogen) atoms. The van der Waals surface area contributed by atoms with Crippen LogP contribution in [0.15, 0.2) is 72.8 Å². The zero-order valence-electron chi connectivity index (χ0n) is 17.2. The van der Waals surface area contributed by atoms with Gasteiger partial charge in [0.25, 0.3) is 5.91 Å². The Kier molecular flexibility index (Phi) is 5.62. The molecule has 0 aliphatic carbocycles. The van der Waals surface area contributed by atoms with E-state index in [0.29, 0.717) is 11.3 Å². The summed E-state index contributed by atoms with van der Waals surface area (Å²) in [6.07, 6.45) is 0. The fourth-order valence-electron chi connectivity index (χ4n) is 3.45. The first-order valence-corrected chi connectivity index (χ1v) is 9.87. The van der Waals surface area contributed by atoms with Crippen LogP contribution in [0.4, 0.5) is 8.78 Å². The third kappa shape index (κ3) is 4.38. The molecule has 0 unspecified atom stereocenters. The molecule has 0 spiro atoms. The van der Waals surface area contributed by atoms with Crippen molar-refractivity contribution < 1.29 is 13.6 Å². The average Bonchev–Trinajstić information content (AvgIpc) is 3.18. The maximum Gasteiger partial charge on any atom is 0.270 e. The summed E-state index contributed by atoms with van der Waals surface area (Å²) in [5, 5.41) is 7.40. The van der Waals surface area contributed by atoms with E-state index in [1.165, 1.54) is 22.9 Å². The molecule has 0 saturated carbocycles. The van der Waals surface area contributed by atoms with Crippen LogP contribution in [0.3, 0.4) is 0 Å². The van der Waals surface area contributed by atoms with E-state index in [0.717, 1.165) is 22.4 Å². The van der Waals surface area contributed by atoms with Crippen LogP contribution in [-0.2, 0) is 6.54 Å². The number of carbonyl (C=O) groups is 1. The third-order valence-electron chi connectivity index (χ3n) is 5.04. The number of rotatable bonds is 5. The normalized spacial score (nSPS) is 10.8. The number of nitrogens with zero attached hydrogens (tertiary/aromatic N) is 2. The van der Waals surface area contributed by atoms with Gasteiger partial charge in [0.15, 0.2) is 0 Å². The topological polar surface area (TPSA) is 46.9 Å². The molecule has 0 atom stereocenters. The monoisotopic (exact) mass is 417 g/mol. The summed E-state index contributed by atoms with van der Waals surface area (Å²) >= 11 is 0. The van der Waals surface area contributed by atoms with E-state index in [1.54, 1.807) is 36.4 Å². The summed E-state index contributed by atoms with van der Waals surface area (Å²) in [6, 6.07) is 19.6. The largest absolute Gasteiger partial charge is 0.347 e. The number of benzene rings is 3. The van der Waals surface area contributed by atoms with Crippen molar-refractivity contribution in [1.82, 2.24) is 15.1 Å². The van der Waals surface area contributed by atoms with Gasteiger partial charge in [-0.15, -0.1) is 0 Å². The Morgan fingerprint density at radius 3 is 2.42 bits per heavy atom. The van der Waals surface area contributed by atoms with Gasteiger partial charge in [0.2, 0.25) is 0 Å². The number of amides is 1. The molecule has 0 aliphatic rings. The van der Waals surface area contributed by atoms with Gasteiger partial charge in [-0.05, 0) is 61.4 Å². The number of hydrogen-bond donors (Lipinski definition) is 1. The molecule has 0 bridgehead atoms. The average molecular weight is 417 g/mol. The summed E-state index contributed by atoms with van der Waals surface area (Å²) in [5.41, 5.74) is 4.50. The number of hydrogen-bond acceptors (Lipinski definition) is 2. The molecule has 1 aromatic heterocycles. The Hall–Kier alpha value is -3.80. The second-order valence-corrected chi connectivity index (χ2v) is 7.41. The van der Waals surface area contributed by atoms with Crippen LogP contribution in [0.2, 0.25) is 0 Å². The van der Waals surface area contributed by atoms with E-state index in [-0.39, 0.29) is 24.0 Å². The highest BCUT2D eigenvalue weighted by Gasteiger charge is 2.20. The molecule has 3 aromatic carbocycles. The Morgan fingerprint density at radius 2 is 1.71 bits per heavy atom. The van der Waals surface area contributed by atoms with Gasteiger partial charge in [-0.3, -0.25) is 4.79 Å². The van der Waals surface area contributed by atoms with Crippen molar-refractivity contribution in [2.24, 2.45) is 0 Å². The Morgan fingerprint density at radius 1 is 0.968 bits per heavy atom. The lowest BCUT2D eigenvalue weighted by Crippen LogP contribution is -2.25. The molecule has 0 fully saturated rings. The number of aromatic nitrogens is 2. The van der Waals surface area contributed by atoms with Crippen LogP contribution in [0.1, 0.15) is 27.2 Å². The fraction of sp³-hybridized carbons (Fsp3) is 0.120. The number of carbonyl (C=O) groups excluding carboxylic acids is 1. The van der Waals surface area contributed by atoms with Gasteiger partial charge in [-0.25, -0.2) is 13.5 Å². The minimum atomic E-state index is -0.411. The number of halogens is 2. The van der Waals surface area contributed by atoms with Crippen LogP contribution in [0.25, 0.3) is 16.9 Å². The van der Waals surface area contributed by atoms with Crippen LogP contribution in [0, 0.1) is 25.5 Å². The highest BCUT2D eigenvalue weighted by atomic mass is 19.1. The lowest BCUT2D eigenvalue weighted by molar-refractivity contribution is 0.0943. The molecular formula is C25H21F2N3O. The van der Waals surface area contributed by atoms with Crippen molar-refractivity contribution in [3.63, 3.8) is 0 Å². The highest BCUT2D eigenvalue weighted by molar-refractivity contribution is 5.94. The van der Waals surface area contributed by atoms with Gasteiger partial charge >= 0.3 is 0 Å². The zero-order chi connectivity index (χ0) is 22.0. The van der Waals surface area contributed by atoms with Crippen molar-refractivity contribution in [3.05, 3.63) is 107 Å². The third-order valence-corrected chi connectivity index (χ3v) is 5.04. The minimum absolute atomic E-state index is 0.228. The number of nitrogens with one attached hydrogen (secondary N) is 1. The Labute approximate surface area is 179 Å². The van der Waals surface area contributed by atoms with Crippen LogP contribution in [0.5, 0.6) is 0 Å². The van der Waals surface area contributed by atoms with E-state index < -0.39 is 5.82 Å². The molecule has 4 aromatic rings. The summed E-state index contributed by atoms with van der Waals surface area (Å²) in [5.74, 6) is -1.11. The van der Waals surface area contributed by atoms with Gasteiger partial charge in [0.1, 0.15) is 17.3 Å². The van der Waals surface area contributed by atoms with Gasteiger partial charge in [-0.2, -0.15) is 5.10 Å². The van der Waals surface area contributed by atoms with Crippen LogP contribution >= 0.6 is 0 Å². The van der Waals surface area contributed by atoms with Gasteiger partial charge in [-0.1, -0.05) is 42.0 Å². The fourth-order valence-corrected chi connectivity index (χ4v) is 3.45. The van der Waals surface area contributed by atoms with E-state index in [4.69, 9.17) is 0 Å².